The summed E-state index contributed by atoms with van der Waals surface area (Å²) >= 11 is 0. The van der Waals surface area contributed by atoms with E-state index in [4.69, 9.17) is 0 Å². The Bertz CT molecular complexity index is 780. The third-order valence-electron chi connectivity index (χ3n) is 5.10. The SMILES string of the molecule is CCCN(CCC)C(=O)CCCC(=O)NCCCc1cn(-c2ccccc2)nc1C. The van der Waals surface area contributed by atoms with Crippen molar-refractivity contribution in [3.8, 4) is 5.69 Å². The van der Waals surface area contributed by atoms with E-state index in [9.17, 15) is 9.59 Å². The van der Waals surface area contributed by atoms with Crippen LogP contribution in [0.15, 0.2) is 36.5 Å². The molecule has 0 unspecified atom stereocenters. The Hall–Kier alpha value is -2.63. The molecule has 1 aromatic carbocycles. The lowest BCUT2D eigenvalue weighted by molar-refractivity contribution is -0.131. The monoisotopic (exact) mass is 412 g/mol. The molecule has 6 heteroatoms. The summed E-state index contributed by atoms with van der Waals surface area (Å²) in [6.07, 6.45) is 7.21. The number of para-hydroxylation sites is 1. The number of nitrogens with one attached hydrogen (secondary N) is 1. The van der Waals surface area contributed by atoms with Gasteiger partial charge in [-0.3, -0.25) is 9.59 Å². The normalized spacial score (nSPS) is 10.8. The van der Waals surface area contributed by atoms with Crippen molar-refractivity contribution < 1.29 is 9.59 Å². The number of hydrogen-bond donors (Lipinski definition) is 1. The Morgan fingerprint density at radius 3 is 2.40 bits per heavy atom. The first-order chi connectivity index (χ1) is 14.5. The fraction of sp³-hybridized carbons (Fsp3) is 0.542. The molecule has 0 atom stereocenters. The second-order valence-corrected chi connectivity index (χ2v) is 7.71. The Balaban J connectivity index is 1.66. The van der Waals surface area contributed by atoms with Crippen LogP contribution in [0.2, 0.25) is 0 Å². The van der Waals surface area contributed by atoms with Crippen LogP contribution in [0.25, 0.3) is 5.69 Å². The number of benzene rings is 1. The summed E-state index contributed by atoms with van der Waals surface area (Å²) in [7, 11) is 0. The summed E-state index contributed by atoms with van der Waals surface area (Å²) in [5, 5.41) is 7.56. The first-order valence-corrected chi connectivity index (χ1v) is 11.2. The molecule has 0 aliphatic rings. The fourth-order valence-corrected chi connectivity index (χ4v) is 3.51. The van der Waals surface area contributed by atoms with Crippen LogP contribution in [0.1, 0.15) is 63.6 Å². The lowest BCUT2D eigenvalue weighted by atomic mass is 10.1. The van der Waals surface area contributed by atoms with Crippen molar-refractivity contribution in [3.63, 3.8) is 0 Å². The molecule has 0 aliphatic carbocycles. The maximum absolute atomic E-state index is 12.2. The molecule has 0 radical (unpaired) electrons. The quantitative estimate of drug-likeness (QED) is 0.505. The van der Waals surface area contributed by atoms with Crippen molar-refractivity contribution in [1.29, 1.82) is 0 Å². The van der Waals surface area contributed by atoms with Gasteiger partial charge in [0.2, 0.25) is 11.8 Å². The number of hydrogen-bond acceptors (Lipinski definition) is 3. The number of carbonyl (C=O) groups is 2. The van der Waals surface area contributed by atoms with E-state index in [0.29, 0.717) is 25.8 Å². The smallest absolute Gasteiger partial charge is 0.222 e. The molecule has 2 aromatic rings. The van der Waals surface area contributed by atoms with Gasteiger partial charge in [-0.05, 0) is 56.7 Å². The summed E-state index contributed by atoms with van der Waals surface area (Å²) in [6, 6.07) is 10.1. The van der Waals surface area contributed by atoms with E-state index in [2.05, 4.69) is 30.5 Å². The summed E-state index contributed by atoms with van der Waals surface area (Å²) < 4.78 is 1.90. The van der Waals surface area contributed by atoms with Gasteiger partial charge in [-0.2, -0.15) is 5.10 Å². The molecule has 2 amide bonds. The Morgan fingerprint density at radius 1 is 1.03 bits per heavy atom. The number of aromatic nitrogens is 2. The van der Waals surface area contributed by atoms with Crippen LogP contribution >= 0.6 is 0 Å². The zero-order chi connectivity index (χ0) is 21.8. The molecule has 1 aromatic heterocycles. The number of amides is 2. The van der Waals surface area contributed by atoms with E-state index in [1.807, 2.05) is 46.8 Å². The summed E-state index contributed by atoms with van der Waals surface area (Å²) in [4.78, 5) is 26.2. The lowest BCUT2D eigenvalue weighted by Gasteiger charge is -2.21. The van der Waals surface area contributed by atoms with Gasteiger partial charge in [-0.15, -0.1) is 0 Å². The van der Waals surface area contributed by atoms with Crippen molar-refractivity contribution in [2.45, 2.75) is 65.7 Å². The van der Waals surface area contributed by atoms with Gasteiger partial charge in [0.25, 0.3) is 0 Å². The first-order valence-electron chi connectivity index (χ1n) is 11.2. The zero-order valence-electron chi connectivity index (χ0n) is 18.7. The average Bonchev–Trinajstić information content (AvgIpc) is 3.12. The van der Waals surface area contributed by atoms with E-state index in [-0.39, 0.29) is 11.8 Å². The van der Waals surface area contributed by atoms with Crippen LogP contribution in [-0.4, -0.2) is 46.1 Å². The third-order valence-corrected chi connectivity index (χ3v) is 5.10. The Morgan fingerprint density at radius 2 is 1.73 bits per heavy atom. The first kappa shape index (κ1) is 23.6. The fourth-order valence-electron chi connectivity index (χ4n) is 3.51. The Labute approximate surface area is 180 Å². The minimum Gasteiger partial charge on any atom is -0.356 e. The molecular weight excluding hydrogens is 376 g/mol. The highest BCUT2D eigenvalue weighted by atomic mass is 16.2. The molecule has 0 aliphatic heterocycles. The number of carbonyl (C=O) groups excluding carboxylic acids is 2. The van der Waals surface area contributed by atoms with Crippen LogP contribution in [0.3, 0.4) is 0 Å². The summed E-state index contributed by atoms with van der Waals surface area (Å²) in [5.41, 5.74) is 3.27. The van der Waals surface area contributed by atoms with Gasteiger partial charge in [-0.25, -0.2) is 4.68 Å². The second kappa shape index (κ2) is 12.8. The molecular formula is C24H36N4O2. The highest BCUT2D eigenvalue weighted by Crippen LogP contribution is 2.13. The molecule has 0 fully saturated rings. The van der Waals surface area contributed by atoms with Crippen LogP contribution in [0.5, 0.6) is 0 Å². The predicted octanol–water partition coefficient (Wildman–Crippen LogP) is 4.05. The zero-order valence-corrected chi connectivity index (χ0v) is 18.7. The molecule has 0 saturated carbocycles. The largest absolute Gasteiger partial charge is 0.356 e. The minimum absolute atomic E-state index is 0.0250. The molecule has 0 saturated heterocycles. The van der Waals surface area contributed by atoms with Gasteiger partial charge in [0.15, 0.2) is 0 Å². The van der Waals surface area contributed by atoms with Crippen LogP contribution in [-0.2, 0) is 16.0 Å². The molecule has 30 heavy (non-hydrogen) atoms. The highest BCUT2D eigenvalue weighted by molar-refractivity contribution is 5.78. The van der Waals surface area contributed by atoms with E-state index in [0.717, 1.165) is 50.2 Å². The molecule has 0 spiro atoms. The highest BCUT2D eigenvalue weighted by Gasteiger charge is 2.12. The number of rotatable bonds is 13. The lowest BCUT2D eigenvalue weighted by Crippen LogP contribution is -2.32. The van der Waals surface area contributed by atoms with Gasteiger partial charge in [-0.1, -0.05) is 32.0 Å². The van der Waals surface area contributed by atoms with Crippen molar-refractivity contribution in [1.82, 2.24) is 20.0 Å². The van der Waals surface area contributed by atoms with Gasteiger partial charge >= 0.3 is 0 Å². The van der Waals surface area contributed by atoms with Crippen molar-refractivity contribution in [2.75, 3.05) is 19.6 Å². The van der Waals surface area contributed by atoms with Crippen LogP contribution in [0, 0.1) is 6.92 Å². The molecule has 2 rings (SSSR count). The second-order valence-electron chi connectivity index (χ2n) is 7.71. The predicted molar refractivity (Wildman–Crippen MR) is 121 cm³/mol. The maximum Gasteiger partial charge on any atom is 0.222 e. The molecule has 0 bridgehead atoms. The average molecular weight is 413 g/mol. The van der Waals surface area contributed by atoms with Gasteiger partial charge in [0.05, 0.1) is 11.4 Å². The number of nitrogens with zero attached hydrogens (tertiary/aromatic N) is 3. The van der Waals surface area contributed by atoms with Crippen molar-refractivity contribution in [3.05, 3.63) is 47.8 Å². The van der Waals surface area contributed by atoms with E-state index < -0.39 is 0 Å². The molecule has 1 heterocycles. The maximum atomic E-state index is 12.2. The van der Waals surface area contributed by atoms with E-state index >= 15 is 0 Å². The third kappa shape index (κ3) is 7.65. The van der Waals surface area contributed by atoms with Crippen LogP contribution in [0.4, 0.5) is 0 Å². The molecule has 1 N–H and O–H groups in total. The van der Waals surface area contributed by atoms with Crippen molar-refractivity contribution >= 4 is 11.8 Å². The van der Waals surface area contributed by atoms with Gasteiger partial charge in [0.1, 0.15) is 0 Å². The molecule has 6 nitrogen and oxygen atoms in total. The molecule has 164 valence electrons. The van der Waals surface area contributed by atoms with E-state index in [1.165, 1.54) is 5.56 Å². The van der Waals surface area contributed by atoms with Crippen molar-refractivity contribution in [2.24, 2.45) is 0 Å². The summed E-state index contributed by atoms with van der Waals surface area (Å²) in [6.45, 7) is 8.43. The number of aryl methyl sites for hydroxylation is 2. The van der Waals surface area contributed by atoms with Gasteiger partial charge < -0.3 is 10.2 Å². The summed E-state index contributed by atoms with van der Waals surface area (Å²) in [5.74, 6) is 0.189. The van der Waals surface area contributed by atoms with E-state index in [1.54, 1.807) is 0 Å². The van der Waals surface area contributed by atoms with Crippen LogP contribution < -0.4 is 5.32 Å². The Kier molecular flexibility index (Phi) is 10.1. The van der Waals surface area contributed by atoms with Gasteiger partial charge in [0, 0.05) is 38.7 Å². The standard InChI is InChI=1S/C24H36N4O2/c1-4-17-27(18-5-2)24(30)15-9-14-23(29)25-16-10-11-21-19-28(26-20(21)3)22-12-7-6-8-13-22/h6-8,12-13,19H,4-5,9-11,14-18H2,1-3H3,(H,25,29). The minimum atomic E-state index is 0.0250. The topological polar surface area (TPSA) is 67.2 Å².